The number of ether oxygens (including phenoxy) is 1. The van der Waals surface area contributed by atoms with Crippen LogP contribution >= 0.6 is 0 Å². The zero-order valence-electron chi connectivity index (χ0n) is 12.5. The average molecular weight is 281 g/mol. The second-order valence-electron chi connectivity index (χ2n) is 5.25. The van der Waals surface area contributed by atoms with Crippen LogP contribution in [0, 0.1) is 25.6 Å². The maximum absolute atomic E-state index is 13.6. The van der Waals surface area contributed by atoms with E-state index >= 15 is 0 Å². The summed E-state index contributed by atoms with van der Waals surface area (Å²) in [6, 6.07) is 3.61. The first-order chi connectivity index (χ1) is 9.49. The van der Waals surface area contributed by atoms with Gasteiger partial charge >= 0.3 is 5.97 Å². The number of methoxy groups -OCH3 is 1. The molecule has 0 amide bonds. The van der Waals surface area contributed by atoms with E-state index in [0.29, 0.717) is 24.1 Å². The summed E-state index contributed by atoms with van der Waals surface area (Å²) in [7, 11) is 1.40. The first-order valence-electron chi connectivity index (χ1n) is 7.03. The van der Waals surface area contributed by atoms with Crippen LogP contribution in [0.1, 0.15) is 36.0 Å². The van der Waals surface area contributed by atoms with Crippen molar-refractivity contribution in [1.82, 2.24) is 0 Å². The first-order valence-corrected chi connectivity index (χ1v) is 7.03. The van der Waals surface area contributed by atoms with Crippen molar-refractivity contribution >= 4 is 5.97 Å². The van der Waals surface area contributed by atoms with Gasteiger partial charge in [0.05, 0.1) is 13.0 Å². The van der Waals surface area contributed by atoms with E-state index in [1.54, 1.807) is 26.0 Å². The van der Waals surface area contributed by atoms with Crippen LogP contribution in [0.4, 0.5) is 4.39 Å². The molecule has 0 saturated carbocycles. The largest absolute Gasteiger partial charge is 0.469 e. The third-order valence-electron chi connectivity index (χ3n) is 3.52. The van der Waals surface area contributed by atoms with Crippen molar-refractivity contribution in [2.45, 2.75) is 39.5 Å². The van der Waals surface area contributed by atoms with Gasteiger partial charge in [-0.1, -0.05) is 18.6 Å². The number of nitrogens with two attached hydrogens (primary N) is 1. The van der Waals surface area contributed by atoms with Gasteiger partial charge in [0, 0.05) is 0 Å². The Hall–Kier alpha value is -1.42. The van der Waals surface area contributed by atoms with Crippen LogP contribution in [0.5, 0.6) is 0 Å². The van der Waals surface area contributed by atoms with Gasteiger partial charge in [-0.3, -0.25) is 4.79 Å². The fourth-order valence-electron chi connectivity index (χ4n) is 2.44. The quantitative estimate of drug-likeness (QED) is 0.617. The number of carbonyl (C=O) groups excluding carboxylic acids is 1. The lowest BCUT2D eigenvalue weighted by atomic mass is 9.92. The number of hydrogen-bond acceptors (Lipinski definition) is 3. The smallest absolute Gasteiger partial charge is 0.308 e. The maximum atomic E-state index is 13.6. The molecular weight excluding hydrogens is 257 g/mol. The van der Waals surface area contributed by atoms with Gasteiger partial charge in [0.25, 0.3) is 0 Å². The van der Waals surface area contributed by atoms with Crippen molar-refractivity contribution in [1.29, 1.82) is 0 Å². The van der Waals surface area contributed by atoms with Crippen molar-refractivity contribution in [3.05, 3.63) is 34.6 Å². The van der Waals surface area contributed by atoms with Crippen molar-refractivity contribution in [3.8, 4) is 0 Å². The molecule has 1 atom stereocenters. The molecule has 0 aromatic heterocycles. The number of rotatable bonds is 7. The Bertz CT molecular complexity index is 437. The van der Waals surface area contributed by atoms with Crippen molar-refractivity contribution in [2.75, 3.05) is 13.7 Å². The highest BCUT2D eigenvalue weighted by atomic mass is 19.1. The van der Waals surface area contributed by atoms with Gasteiger partial charge in [-0.05, 0) is 56.3 Å². The highest BCUT2D eigenvalue weighted by Crippen LogP contribution is 2.21. The molecule has 0 spiro atoms. The van der Waals surface area contributed by atoms with E-state index in [9.17, 15) is 9.18 Å². The molecule has 1 aromatic rings. The highest BCUT2D eigenvalue weighted by molar-refractivity contribution is 5.72. The molecule has 0 fully saturated rings. The molecule has 112 valence electrons. The highest BCUT2D eigenvalue weighted by Gasteiger charge is 2.20. The molecule has 2 N–H and O–H groups in total. The summed E-state index contributed by atoms with van der Waals surface area (Å²) in [5.74, 6) is -0.566. The van der Waals surface area contributed by atoms with Crippen LogP contribution < -0.4 is 5.73 Å². The average Bonchev–Trinajstić information content (AvgIpc) is 2.43. The minimum Gasteiger partial charge on any atom is -0.469 e. The van der Waals surface area contributed by atoms with E-state index in [1.165, 1.54) is 7.11 Å². The molecule has 0 heterocycles. The molecule has 20 heavy (non-hydrogen) atoms. The van der Waals surface area contributed by atoms with Crippen LogP contribution in [0.2, 0.25) is 0 Å². The molecule has 0 unspecified atom stereocenters. The molecule has 4 heteroatoms. The molecule has 0 radical (unpaired) electrons. The van der Waals surface area contributed by atoms with E-state index in [1.807, 2.05) is 0 Å². The summed E-state index contributed by atoms with van der Waals surface area (Å²) in [6.07, 6.45) is 3.13. The molecule has 0 aliphatic rings. The van der Waals surface area contributed by atoms with E-state index < -0.39 is 0 Å². The molecule has 0 aliphatic carbocycles. The van der Waals surface area contributed by atoms with E-state index in [0.717, 1.165) is 24.8 Å². The molecule has 0 bridgehead atoms. The summed E-state index contributed by atoms with van der Waals surface area (Å²) >= 11 is 0. The Kier molecular flexibility index (Phi) is 6.65. The number of halogens is 1. The lowest BCUT2D eigenvalue weighted by molar-refractivity contribution is -0.145. The summed E-state index contributed by atoms with van der Waals surface area (Å²) in [4.78, 5) is 11.8. The predicted octanol–water partition coefficient (Wildman–Crippen LogP) is 2.90. The second-order valence-corrected chi connectivity index (χ2v) is 5.25. The van der Waals surface area contributed by atoms with E-state index in [2.05, 4.69) is 0 Å². The van der Waals surface area contributed by atoms with Gasteiger partial charge in [-0.25, -0.2) is 4.39 Å². The molecule has 3 nitrogen and oxygen atoms in total. The minimum absolute atomic E-state index is 0.175. The number of esters is 1. The van der Waals surface area contributed by atoms with Crippen LogP contribution in [0.25, 0.3) is 0 Å². The third kappa shape index (κ3) is 4.60. The van der Waals surface area contributed by atoms with Gasteiger partial charge in [0.1, 0.15) is 5.82 Å². The predicted molar refractivity (Wildman–Crippen MR) is 78.0 cm³/mol. The van der Waals surface area contributed by atoms with Gasteiger partial charge in [0.15, 0.2) is 0 Å². The molecule has 0 aliphatic heterocycles. The number of unbranched alkanes of at least 4 members (excludes halogenated alkanes) is 1. The topological polar surface area (TPSA) is 52.3 Å². The molecular formula is C16H24FNO2. The Morgan fingerprint density at radius 3 is 2.40 bits per heavy atom. The van der Waals surface area contributed by atoms with Gasteiger partial charge in [0.2, 0.25) is 0 Å². The van der Waals surface area contributed by atoms with Crippen molar-refractivity contribution < 1.29 is 13.9 Å². The van der Waals surface area contributed by atoms with Crippen LogP contribution in [0.3, 0.4) is 0 Å². The van der Waals surface area contributed by atoms with Crippen LogP contribution in [0.15, 0.2) is 12.1 Å². The zero-order valence-corrected chi connectivity index (χ0v) is 12.5. The van der Waals surface area contributed by atoms with Gasteiger partial charge in [-0.2, -0.15) is 0 Å². The van der Waals surface area contributed by atoms with Gasteiger partial charge < -0.3 is 10.5 Å². The second kappa shape index (κ2) is 8.00. The molecule has 1 rings (SSSR count). The number of carbonyl (C=O) groups is 1. The fourth-order valence-corrected chi connectivity index (χ4v) is 2.44. The summed E-state index contributed by atoms with van der Waals surface area (Å²) in [6.45, 7) is 4.11. The van der Waals surface area contributed by atoms with Crippen molar-refractivity contribution in [2.24, 2.45) is 11.7 Å². The lowest BCUT2D eigenvalue weighted by Crippen LogP contribution is -2.19. The first kappa shape index (κ1) is 16.6. The zero-order chi connectivity index (χ0) is 15.1. The minimum atomic E-state index is -0.207. The van der Waals surface area contributed by atoms with E-state index in [4.69, 9.17) is 10.5 Å². The van der Waals surface area contributed by atoms with Crippen LogP contribution in [-0.4, -0.2) is 19.6 Å². The fraction of sp³-hybridized carbons (Fsp3) is 0.562. The summed E-state index contributed by atoms with van der Waals surface area (Å²) in [5, 5.41) is 0. The normalized spacial score (nSPS) is 12.2. The Morgan fingerprint density at radius 2 is 1.90 bits per heavy atom. The number of hydrogen-bond donors (Lipinski definition) is 1. The molecule has 1 aromatic carbocycles. The summed E-state index contributed by atoms with van der Waals surface area (Å²) < 4.78 is 18.5. The number of aryl methyl sites for hydroxylation is 2. The lowest BCUT2D eigenvalue weighted by Gasteiger charge is -2.15. The SMILES string of the molecule is COC(=O)[C@@H](CCCCN)Cc1cc(C)c(F)c(C)c1. The summed E-state index contributed by atoms with van der Waals surface area (Å²) in [5.41, 5.74) is 7.68. The standard InChI is InChI=1S/C16H24FNO2/c1-11-8-13(9-12(2)15(11)17)10-14(16(19)20-3)6-4-5-7-18/h8-9,14H,4-7,10,18H2,1-3H3/t14-/m0/s1. The maximum Gasteiger partial charge on any atom is 0.308 e. The van der Waals surface area contributed by atoms with Crippen molar-refractivity contribution in [3.63, 3.8) is 0 Å². The molecule has 0 saturated heterocycles. The monoisotopic (exact) mass is 281 g/mol. The van der Waals surface area contributed by atoms with Gasteiger partial charge in [-0.15, -0.1) is 0 Å². The Balaban J connectivity index is 2.81. The third-order valence-corrected chi connectivity index (χ3v) is 3.52. The number of benzene rings is 1. The Morgan fingerprint density at radius 1 is 1.30 bits per heavy atom. The van der Waals surface area contributed by atoms with Crippen LogP contribution in [-0.2, 0) is 16.0 Å². The Labute approximate surface area is 120 Å². The van der Waals surface area contributed by atoms with E-state index in [-0.39, 0.29) is 17.7 Å².